The molecule has 0 saturated heterocycles. The second kappa shape index (κ2) is 6.33. The summed E-state index contributed by atoms with van der Waals surface area (Å²) in [7, 11) is -3.24. The Bertz CT molecular complexity index is 404. The van der Waals surface area contributed by atoms with E-state index in [9.17, 15) is 13.2 Å². The average molecular weight is 278 g/mol. The maximum Gasteiger partial charge on any atom is 0.312 e. The largest absolute Gasteiger partial charge is 0.460 e. The molecule has 0 aliphatic rings. The van der Waals surface area contributed by atoms with Crippen molar-refractivity contribution in [2.45, 2.75) is 57.9 Å². The van der Waals surface area contributed by atoms with Crippen LogP contribution in [0, 0.1) is 0 Å². The Kier molecular flexibility index (Phi) is 6.02. The number of hydrogen-bond acceptors (Lipinski definition) is 4. The van der Waals surface area contributed by atoms with Crippen LogP contribution in [-0.4, -0.2) is 31.3 Å². The third kappa shape index (κ3) is 7.45. The lowest BCUT2D eigenvalue weighted by Crippen LogP contribution is -2.60. The van der Waals surface area contributed by atoms with E-state index in [2.05, 4.69) is 5.73 Å². The second-order valence-electron chi connectivity index (χ2n) is 5.52. The van der Waals surface area contributed by atoms with Crippen molar-refractivity contribution in [2.24, 2.45) is 0 Å². The molecule has 0 aromatic carbocycles. The summed E-state index contributed by atoms with van der Waals surface area (Å²) in [6, 6.07) is -0.409. The summed E-state index contributed by atoms with van der Waals surface area (Å²) in [5, 5.41) is 0.655. The summed E-state index contributed by atoms with van der Waals surface area (Å²) in [5.41, 5.74) is 3.18. The van der Waals surface area contributed by atoms with Gasteiger partial charge in [-0.3, -0.25) is 4.79 Å². The van der Waals surface area contributed by atoms with E-state index < -0.39 is 26.7 Å². The van der Waals surface area contributed by atoms with Gasteiger partial charge in [-0.05, 0) is 40.7 Å². The van der Waals surface area contributed by atoms with Crippen LogP contribution in [0.4, 0.5) is 0 Å². The molecule has 0 bridgehead atoms. The molecule has 0 unspecified atom stereocenters. The van der Waals surface area contributed by atoms with E-state index in [1.807, 2.05) is 0 Å². The second-order valence-corrected chi connectivity index (χ2v) is 7.91. The van der Waals surface area contributed by atoms with Gasteiger partial charge in [-0.25, -0.2) is 8.42 Å². The Balaban J connectivity index is 4.41. The van der Waals surface area contributed by atoms with Gasteiger partial charge in [0.1, 0.15) is 18.1 Å². The summed E-state index contributed by atoms with van der Waals surface area (Å²) < 4.78 is 28.2. The first-order valence-electron chi connectivity index (χ1n) is 5.91. The van der Waals surface area contributed by atoms with Gasteiger partial charge in [-0.15, -0.1) is 0 Å². The van der Waals surface area contributed by atoms with E-state index in [1.165, 1.54) is 6.08 Å². The van der Waals surface area contributed by atoms with Gasteiger partial charge < -0.3 is 10.5 Å². The van der Waals surface area contributed by atoms with E-state index >= 15 is 0 Å². The molecule has 0 amide bonds. The third-order valence-electron chi connectivity index (χ3n) is 2.05. The molecule has 0 spiro atoms. The highest BCUT2D eigenvalue weighted by Crippen LogP contribution is 2.09. The first-order valence-corrected chi connectivity index (χ1v) is 7.52. The third-order valence-corrected chi connectivity index (χ3v) is 3.90. The lowest BCUT2D eigenvalue weighted by Gasteiger charge is -2.19. The topological polar surface area (TPSA) is 88.1 Å². The predicted molar refractivity (Wildman–Crippen MR) is 70.3 cm³/mol. The van der Waals surface area contributed by atoms with Crippen molar-refractivity contribution in [3.63, 3.8) is 0 Å². The molecule has 0 aromatic heterocycles. The molecule has 0 aliphatic heterocycles. The summed E-state index contributed by atoms with van der Waals surface area (Å²) in [5.74, 6) is -0.380. The zero-order valence-corrected chi connectivity index (χ0v) is 12.6. The Morgan fingerprint density at radius 3 is 2.22 bits per heavy atom. The van der Waals surface area contributed by atoms with Crippen LogP contribution in [0.15, 0.2) is 11.5 Å². The van der Waals surface area contributed by atoms with E-state index in [-0.39, 0.29) is 12.4 Å². The lowest BCUT2D eigenvalue weighted by molar-refractivity contribution is -0.402. The van der Waals surface area contributed by atoms with Crippen LogP contribution in [0.5, 0.6) is 0 Å². The zero-order chi connectivity index (χ0) is 14.6. The van der Waals surface area contributed by atoms with Gasteiger partial charge in [0.05, 0.1) is 5.25 Å². The van der Waals surface area contributed by atoms with Crippen LogP contribution in [0.2, 0.25) is 0 Å². The minimum atomic E-state index is -3.24. The summed E-state index contributed by atoms with van der Waals surface area (Å²) in [4.78, 5) is 11.5. The summed E-state index contributed by atoms with van der Waals surface area (Å²) >= 11 is 0. The van der Waals surface area contributed by atoms with Gasteiger partial charge >= 0.3 is 5.97 Å². The molecule has 6 heteroatoms. The zero-order valence-electron chi connectivity index (χ0n) is 11.8. The predicted octanol–water partition coefficient (Wildman–Crippen LogP) is 0.666. The highest BCUT2D eigenvalue weighted by molar-refractivity contribution is 7.94. The number of esters is 1. The van der Waals surface area contributed by atoms with Gasteiger partial charge in [0.15, 0.2) is 9.84 Å². The van der Waals surface area contributed by atoms with Crippen molar-refractivity contribution in [3.8, 4) is 0 Å². The van der Waals surface area contributed by atoms with Crippen molar-refractivity contribution in [1.29, 1.82) is 0 Å². The fourth-order valence-corrected chi connectivity index (χ4v) is 1.80. The van der Waals surface area contributed by atoms with E-state index in [1.54, 1.807) is 34.6 Å². The number of rotatable bonds is 5. The van der Waals surface area contributed by atoms with Crippen LogP contribution < -0.4 is 5.73 Å². The summed E-state index contributed by atoms with van der Waals surface area (Å²) in [6.07, 6.45) is 1.50. The van der Waals surface area contributed by atoms with Crippen molar-refractivity contribution in [1.82, 2.24) is 0 Å². The number of quaternary nitrogens is 1. The molecule has 3 N–H and O–H groups in total. The average Bonchev–Trinajstić information content (AvgIpc) is 2.11. The minimum absolute atomic E-state index is 0.0708. The molecule has 0 aliphatic carbocycles. The number of ether oxygens (including phenoxy) is 1. The quantitative estimate of drug-likeness (QED) is 0.748. The molecular formula is C12H24NO4S+. The van der Waals surface area contributed by atoms with E-state index in [4.69, 9.17) is 4.74 Å². The molecule has 0 rings (SSSR count). The first-order chi connectivity index (χ1) is 7.94. The Morgan fingerprint density at radius 2 is 1.83 bits per heavy atom. The van der Waals surface area contributed by atoms with E-state index in [0.29, 0.717) is 0 Å². The van der Waals surface area contributed by atoms with Crippen molar-refractivity contribution in [3.05, 3.63) is 11.5 Å². The van der Waals surface area contributed by atoms with Crippen LogP contribution >= 0.6 is 0 Å². The van der Waals surface area contributed by atoms with Gasteiger partial charge in [-0.1, -0.05) is 0 Å². The summed E-state index contributed by atoms with van der Waals surface area (Å²) in [6.45, 7) is 8.55. The Labute approximate surface area is 109 Å². The minimum Gasteiger partial charge on any atom is -0.460 e. The maximum absolute atomic E-state index is 11.5. The standard InChI is InChI=1S/C12H23NO4S/c1-9(2)18(15,16)7-6-10(13)8-11(14)17-12(3,4)5/h6-7,9-10H,8,13H2,1-5H3/p+1/b7-6+/t10-/m1/s1. The van der Waals surface area contributed by atoms with Crippen LogP contribution in [0.3, 0.4) is 0 Å². The fraction of sp³-hybridized carbons (Fsp3) is 0.750. The maximum atomic E-state index is 11.5. The van der Waals surface area contributed by atoms with Crippen LogP contribution in [0.25, 0.3) is 0 Å². The van der Waals surface area contributed by atoms with Crippen molar-refractivity contribution >= 4 is 15.8 Å². The molecule has 0 saturated carbocycles. The lowest BCUT2D eigenvalue weighted by atomic mass is 10.2. The Hall–Kier alpha value is -0.880. The number of hydrogen-bond donors (Lipinski definition) is 1. The highest BCUT2D eigenvalue weighted by atomic mass is 32.2. The first kappa shape index (κ1) is 17.1. The molecule has 106 valence electrons. The van der Waals surface area contributed by atoms with Crippen LogP contribution in [-0.2, 0) is 19.4 Å². The van der Waals surface area contributed by atoms with Crippen LogP contribution in [0.1, 0.15) is 41.0 Å². The van der Waals surface area contributed by atoms with Gasteiger partial charge in [0, 0.05) is 5.41 Å². The smallest absolute Gasteiger partial charge is 0.312 e. The van der Waals surface area contributed by atoms with Gasteiger partial charge in [0.2, 0.25) is 0 Å². The molecule has 1 atom stereocenters. The normalized spacial score (nSPS) is 15.1. The SMILES string of the molecule is CC(C)S(=O)(=O)/C=C/[C@@H]([NH3+])CC(=O)OC(C)(C)C. The fourth-order valence-electron chi connectivity index (χ4n) is 1.04. The molecule has 0 radical (unpaired) electrons. The van der Waals surface area contributed by atoms with Crippen molar-refractivity contribution < 1.29 is 23.7 Å². The number of sulfone groups is 1. The Morgan fingerprint density at radius 1 is 1.33 bits per heavy atom. The molecular weight excluding hydrogens is 254 g/mol. The van der Waals surface area contributed by atoms with E-state index in [0.717, 1.165) is 5.41 Å². The molecule has 0 aromatic rings. The molecule has 0 heterocycles. The highest BCUT2D eigenvalue weighted by Gasteiger charge is 2.20. The number of carbonyl (C=O) groups is 1. The van der Waals surface area contributed by atoms with Gasteiger partial charge in [0.25, 0.3) is 0 Å². The van der Waals surface area contributed by atoms with Gasteiger partial charge in [-0.2, -0.15) is 0 Å². The van der Waals surface area contributed by atoms with Crippen molar-refractivity contribution in [2.75, 3.05) is 0 Å². The molecule has 0 fully saturated rings. The molecule has 18 heavy (non-hydrogen) atoms. The molecule has 5 nitrogen and oxygen atoms in total. The number of carbonyl (C=O) groups excluding carboxylic acids is 1. The monoisotopic (exact) mass is 278 g/mol.